The summed E-state index contributed by atoms with van der Waals surface area (Å²) in [6.07, 6.45) is 0. The van der Waals surface area contributed by atoms with Crippen LogP contribution >= 0.6 is 11.6 Å². The maximum absolute atomic E-state index is 13.4. The van der Waals surface area contributed by atoms with Crippen LogP contribution in [0.4, 0.5) is 11.4 Å². The molecule has 0 atom stereocenters. The Morgan fingerprint density at radius 1 is 0.933 bits per heavy atom. The second-order valence-corrected chi connectivity index (χ2v) is 9.42. The van der Waals surface area contributed by atoms with Crippen molar-refractivity contribution in [2.24, 2.45) is 0 Å². The van der Waals surface area contributed by atoms with Crippen LogP contribution in [-0.4, -0.2) is 20.9 Å². The van der Waals surface area contributed by atoms with Gasteiger partial charge in [-0.05, 0) is 62.2 Å². The average molecular weight is 443 g/mol. The Labute approximate surface area is 182 Å². The fourth-order valence-corrected chi connectivity index (χ4v) is 4.81. The third kappa shape index (κ3) is 4.83. The van der Waals surface area contributed by atoms with E-state index in [2.05, 4.69) is 5.32 Å². The van der Waals surface area contributed by atoms with Gasteiger partial charge in [-0.15, -0.1) is 0 Å². The number of benzene rings is 3. The first-order valence-electron chi connectivity index (χ1n) is 9.39. The number of anilines is 2. The summed E-state index contributed by atoms with van der Waals surface area (Å²) in [6.45, 7) is 5.25. The Bertz CT molecular complexity index is 1180. The molecule has 30 heavy (non-hydrogen) atoms. The van der Waals surface area contributed by atoms with Gasteiger partial charge in [-0.2, -0.15) is 0 Å². The topological polar surface area (TPSA) is 66.5 Å². The van der Waals surface area contributed by atoms with Crippen molar-refractivity contribution in [3.63, 3.8) is 0 Å². The molecule has 0 aliphatic rings. The molecule has 3 aromatic carbocycles. The highest BCUT2D eigenvalue weighted by Crippen LogP contribution is 2.29. The normalized spacial score (nSPS) is 11.2. The molecule has 1 N–H and O–H groups in total. The van der Waals surface area contributed by atoms with Crippen molar-refractivity contribution >= 4 is 38.9 Å². The predicted octanol–water partition coefficient (Wildman–Crippen LogP) is 5.10. The monoisotopic (exact) mass is 442 g/mol. The summed E-state index contributed by atoms with van der Waals surface area (Å²) in [5.74, 6) is -0.444. The van der Waals surface area contributed by atoms with Gasteiger partial charge in [0, 0.05) is 10.7 Å². The van der Waals surface area contributed by atoms with E-state index in [0.717, 1.165) is 15.4 Å². The predicted molar refractivity (Wildman–Crippen MR) is 122 cm³/mol. The fourth-order valence-electron chi connectivity index (χ4n) is 3.14. The first kappa shape index (κ1) is 21.9. The Kier molecular flexibility index (Phi) is 6.48. The molecule has 0 fully saturated rings. The highest BCUT2D eigenvalue weighted by molar-refractivity contribution is 7.92. The molecule has 3 aromatic rings. The molecule has 0 saturated carbocycles. The van der Waals surface area contributed by atoms with Gasteiger partial charge < -0.3 is 5.32 Å². The second kappa shape index (κ2) is 8.90. The lowest BCUT2D eigenvalue weighted by Crippen LogP contribution is -2.38. The maximum Gasteiger partial charge on any atom is 0.264 e. The highest BCUT2D eigenvalue weighted by atomic mass is 35.5. The molecule has 3 rings (SSSR count). The Morgan fingerprint density at radius 3 is 2.30 bits per heavy atom. The molecule has 0 radical (unpaired) electrons. The van der Waals surface area contributed by atoms with E-state index >= 15 is 0 Å². The minimum Gasteiger partial charge on any atom is -0.324 e. The van der Waals surface area contributed by atoms with Crippen LogP contribution in [0.15, 0.2) is 71.6 Å². The molecule has 0 unspecified atom stereocenters. The summed E-state index contributed by atoms with van der Waals surface area (Å²) < 4.78 is 27.9. The number of hydrogen-bond acceptors (Lipinski definition) is 3. The quantitative estimate of drug-likeness (QED) is 0.577. The van der Waals surface area contributed by atoms with Crippen molar-refractivity contribution < 1.29 is 13.2 Å². The molecule has 5 nitrogen and oxygen atoms in total. The van der Waals surface area contributed by atoms with Gasteiger partial charge in [0.25, 0.3) is 10.0 Å². The van der Waals surface area contributed by atoms with E-state index in [1.165, 1.54) is 12.1 Å². The molecule has 0 aliphatic carbocycles. The van der Waals surface area contributed by atoms with Crippen molar-refractivity contribution in [1.82, 2.24) is 0 Å². The van der Waals surface area contributed by atoms with Gasteiger partial charge in [-0.1, -0.05) is 53.6 Å². The number of nitrogens with zero attached hydrogens (tertiary/aromatic N) is 1. The first-order valence-corrected chi connectivity index (χ1v) is 11.2. The molecule has 0 aliphatic heterocycles. The van der Waals surface area contributed by atoms with E-state index in [0.29, 0.717) is 22.0 Å². The van der Waals surface area contributed by atoms with Gasteiger partial charge in [-0.25, -0.2) is 8.42 Å². The molecule has 0 spiro atoms. The highest BCUT2D eigenvalue weighted by Gasteiger charge is 2.28. The number of carbonyl (C=O) groups excluding carboxylic acids is 1. The van der Waals surface area contributed by atoms with E-state index in [-0.39, 0.29) is 11.4 Å². The minimum atomic E-state index is -3.98. The van der Waals surface area contributed by atoms with Gasteiger partial charge >= 0.3 is 0 Å². The molecular weight excluding hydrogens is 420 g/mol. The number of halogens is 1. The average Bonchev–Trinajstić information content (AvgIpc) is 2.71. The number of rotatable bonds is 6. The van der Waals surface area contributed by atoms with Gasteiger partial charge in [0.05, 0.1) is 10.6 Å². The van der Waals surface area contributed by atoms with Crippen LogP contribution in [0.25, 0.3) is 0 Å². The third-order valence-electron chi connectivity index (χ3n) is 4.71. The maximum atomic E-state index is 13.4. The SMILES string of the molecule is Cc1ccc(NC(=O)CN(c2cc(Cl)ccc2C)S(=O)(=O)c2ccccc2)c(C)c1. The number of amides is 1. The molecule has 1 amide bonds. The van der Waals surface area contributed by atoms with Crippen LogP contribution in [0.3, 0.4) is 0 Å². The summed E-state index contributed by atoms with van der Waals surface area (Å²) in [4.78, 5) is 13.0. The van der Waals surface area contributed by atoms with Crippen molar-refractivity contribution in [2.75, 3.05) is 16.2 Å². The van der Waals surface area contributed by atoms with Crippen LogP contribution in [-0.2, 0) is 14.8 Å². The molecule has 0 aromatic heterocycles. The summed E-state index contributed by atoms with van der Waals surface area (Å²) >= 11 is 6.14. The summed E-state index contributed by atoms with van der Waals surface area (Å²) in [5.41, 5.74) is 3.68. The van der Waals surface area contributed by atoms with Crippen molar-refractivity contribution in [3.8, 4) is 0 Å². The van der Waals surface area contributed by atoms with E-state index in [1.807, 2.05) is 32.0 Å². The van der Waals surface area contributed by atoms with Crippen LogP contribution < -0.4 is 9.62 Å². The van der Waals surface area contributed by atoms with Crippen LogP contribution in [0.5, 0.6) is 0 Å². The summed E-state index contributed by atoms with van der Waals surface area (Å²) in [7, 11) is -3.98. The van der Waals surface area contributed by atoms with Crippen LogP contribution in [0.1, 0.15) is 16.7 Å². The first-order chi connectivity index (χ1) is 14.2. The van der Waals surface area contributed by atoms with Crippen LogP contribution in [0, 0.1) is 20.8 Å². The zero-order valence-corrected chi connectivity index (χ0v) is 18.6. The van der Waals surface area contributed by atoms with Gasteiger partial charge in [0.1, 0.15) is 6.54 Å². The minimum absolute atomic E-state index is 0.101. The lowest BCUT2D eigenvalue weighted by atomic mass is 10.1. The lowest BCUT2D eigenvalue weighted by Gasteiger charge is -2.26. The van der Waals surface area contributed by atoms with Crippen molar-refractivity contribution in [2.45, 2.75) is 25.7 Å². The Hall–Kier alpha value is -2.83. The molecule has 7 heteroatoms. The molecule has 0 saturated heterocycles. The van der Waals surface area contributed by atoms with E-state index < -0.39 is 15.9 Å². The molecule has 0 heterocycles. The standard InChI is InChI=1S/C23H23ClN2O3S/c1-16-9-12-21(18(3)13-16)25-23(27)15-26(22-14-19(24)11-10-17(22)2)30(28,29)20-7-5-4-6-8-20/h4-14H,15H2,1-3H3,(H,25,27). The number of hydrogen-bond donors (Lipinski definition) is 1. The largest absolute Gasteiger partial charge is 0.324 e. The lowest BCUT2D eigenvalue weighted by molar-refractivity contribution is -0.114. The number of aryl methyl sites for hydroxylation is 3. The van der Waals surface area contributed by atoms with E-state index in [1.54, 1.807) is 43.3 Å². The van der Waals surface area contributed by atoms with Crippen molar-refractivity contribution in [1.29, 1.82) is 0 Å². The molecular formula is C23H23ClN2O3S. The third-order valence-corrected chi connectivity index (χ3v) is 6.72. The van der Waals surface area contributed by atoms with Crippen LogP contribution in [0.2, 0.25) is 5.02 Å². The summed E-state index contributed by atoms with van der Waals surface area (Å²) in [5, 5.41) is 3.20. The van der Waals surface area contributed by atoms with E-state index in [9.17, 15) is 13.2 Å². The zero-order valence-electron chi connectivity index (χ0n) is 17.0. The van der Waals surface area contributed by atoms with Gasteiger partial charge in [-0.3, -0.25) is 9.10 Å². The van der Waals surface area contributed by atoms with Crippen molar-refractivity contribution in [3.05, 3.63) is 88.4 Å². The molecule has 0 bridgehead atoms. The Balaban J connectivity index is 1.99. The molecule has 156 valence electrons. The zero-order chi connectivity index (χ0) is 21.9. The van der Waals surface area contributed by atoms with Gasteiger partial charge in [0.15, 0.2) is 0 Å². The second-order valence-electron chi connectivity index (χ2n) is 7.12. The summed E-state index contributed by atoms with van der Waals surface area (Å²) in [6, 6.07) is 18.7. The number of carbonyl (C=O) groups is 1. The Morgan fingerprint density at radius 2 is 1.63 bits per heavy atom. The van der Waals surface area contributed by atoms with Gasteiger partial charge in [0.2, 0.25) is 5.91 Å². The number of nitrogens with one attached hydrogen (secondary N) is 1. The van der Waals surface area contributed by atoms with E-state index in [4.69, 9.17) is 11.6 Å². The fraction of sp³-hybridized carbons (Fsp3) is 0.174. The number of sulfonamides is 1. The smallest absolute Gasteiger partial charge is 0.264 e.